The Hall–Kier alpha value is -1.00. The van der Waals surface area contributed by atoms with Gasteiger partial charge >= 0.3 is 0 Å². The van der Waals surface area contributed by atoms with Crippen molar-refractivity contribution in [1.82, 2.24) is 0 Å². The summed E-state index contributed by atoms with van der Waals surface area (Å²) in [5.41, 5.74) is 1.90. The second-order valence-electron chi connectivity index (χ2n) is 3.56. The van der Waals surface area contributed by atoms with Crippen molar-refractivity contribution in [2.75, 3.05) is 6.61 Å². The van der Waals surface area contributed by atoms with E-state index in [0.29, 0.717) is 5.75 Å². The predicted octanol–water partition coefficient (Wildman–Crippen LogP) is 2.55. The highest BCUT2D eigenvalue weighted by Crippen LogP contribution is 2.30. The Labute approximate surface area is 99.1 Å². The molecule has 0 unspecified atom stereocenters. The number of benzene rings is 1. The topological polar surface area (TPSA) is 43.4 Å². The van der Waals surface area contributed by atoms with E-state index in [-0.39, 0.29) is 11.5 Å². The summed E-state index contributed by atoms with van der Waals surface area (Å²) in [5, 5.41) is 0. The molecule has 0 radical (unpaired) electrons. The van der Waals surface area contributed by atoms with Gasteiger partial charge in [-0.25, -0.2) is 8.42 Å². The highest BCUT2D eigenvalue weighted by molar-refractivity contribution is 8.17. The number of fused-ring (bicyclic) bond motifs is 1. The molecule has 0 N–H and O–H groups in total. The summed E-state index contributed by atoms with van der Waals surface area (Å²) in [6.45, 7) is 2.04. The lowest BCUT2D eigenvalue weighted by Crippen LogP contribution is -2.11. The summed E-state index contributed by atoms with van der Waals surface area (Å²) in [7, 11) is 1.60. The van der Waals surface area contributed by atoms with Gasteiger partial charge in [-0.1, -0.05) is 13.0 Å². The summed E-state index contributed by atoms with van der Waals surface area (Å²) in [6, 6.07) is 5.73. The number of hydrogen-bond donors (Lipinski definition) is 0. The molecule has 86 valence electrons. The van der Waals surface area contributed by atoms with Gasteiger partial charge in [-0.05, 0) is 30.2 Å². The van der Waals surface area contributed by atoms with Crippen LogP contribution in [0.3, 0.4) is 0 Å². The molecule has 1 heterocycles. The zero-order valence-electron chi connectivity index (χ0n) is 8.73. The molecule has 1 aromatic rings. The maximum absolute atomic E-state index is 11.2. The van der Waals surface area contributed by atoms with E-state index in [2.05, 4.69) is 0 Å². The highest BCUT2D eigenvalue weighted by atomic mass is 35.7. The normalized spacial score (nSPS) is 15.0. The van der Waals surface area contributed by atoms with E-state index in [1.807, 2.05) is 25.1 Å². The number of halogens is 1. The van der Waals surface area contributed by atoms with Crippen molar-refractivity contribution in [3.8, 4) is 5.75 Å². The Kier molecular flexibility index (Phi) is 2.95. The van der Waals surface area contributed by atoms with Crippen LogP contribution in [0.15, 0.2) is 23.1 Å². The molecular weight excluding hydrogens is 248 g/mol. The minimum atomic E-state index is -3.68. The summed E-state index contributed by atoms with van der Waals surface area (Å²) < 4.78 is 27.7. The average molecular weight is 259 g/mol. The molecular formula is C11H11ClO3S. The third-order valence-electron chi connectivity index (χ3n) is 2.48. The smallest absolute Gasteiger partial charge is 0.260 e. The van der Waals surface area contributed by atoms with Crippen LogP contribution in [0.2, 0.25) is 0 Å². The number of aryl methyl sites for hydroxylation is 1. The van der Waals surface area contributed by atoms with Crippen molar-refractivity contribution >= 4 is 25.8 Å². The first-order chi connectivity index (χ1) is 7.50. The predicted molar refractivity (Wildman–Crippen MR) is 64.1 cm³/mol. The van der Waals surface area contributed by atoms with Gasteiger partial charge in [0.1, 0.15) is 12.4 Å². The first-order valence-electron chi connectivity index (χ1n) is 4.91. The molecule has 5 heteroatoms. The van der Waals surface area contributed by atoms with Crippen LogP contribution in [0.5, 0.6) is 5.75 Å². The van der Waals surface area contributed by atoms with Crippen LogP contribution in [-0.4, -0.2) is 15.0 Å². The Bertz CT molecular complexity index is 546. The summed E-state index contributed by atoms with van der Waals surface area (Å²) in [4.78, 5) is 0.106. The highest BCUT2D eigenvalue weighted by Gasteiger charge is 2.20. The fourth-order valence-electron chi connectivity index (χ4n) is 1.57. The van der Waals surface area contributed by atoms with Crippen LogP contribution in [0.25, 0.3) is 6.08 Å². The zero-order chi connectivity index (χ0) is 11.8. The maximum atomic E-state index is 11.2. The van der Waals surface area contributed by atoms with Gasteiger partial charge in [0.05, 0.1) is 4.91 Å². The van der Waals surface area contributed by atoms with Gasteiger partial charge in [-0.2, -0.15) is 0 Å². The van der Waals surface area contributed by atoms with E-state index < -0.39 is 9.05 Å². The lowest BCUT2D eigenvalue weighted by molar-refractivity contribution is 0.353. The van der Waals surface area contributed by atoms with E-state index >= 15 is 0 Å². The fraction of sp³-hybridized carbons (Fsp3) is 0.273. The van der Waals surface area contributed by atoms with Crippen LogP contribution < -0.4 is 4.74 Å². The van der Waals surface area contributed by atoms with Crippen molar-refractivity contribution in [1.29, 1.82) is 0 Å². The Morgan fingerprint density at radius 1 is 1.44 bits per heavy atom. The molecule has 0 saturated heterocycles. The van der Waals surface area contributed by atoms with Gasteiger partial charge in [-0.3, -0.25) is 0 Å². The van der Waals surface area contributed by atoms with Crippen molar-refractivity contribution < 1.29 is 13.2 Å². The third kappa shape index (κ3) is 2.23. The third-order valence-corrected chi connectivity index (χ3v) is 3.94. The van der Waals surface area contributed by atoms with Crippen molar-refractivity contribution in [3.63, 3.8) is 0 Å². The van der Waals surface area contributed by atoms with Crippen LogP contribution in [0.1, 0.15) is 18.1 Å². The SMILES string of the molecule is CCc1ccc2c(c1)C=C(S(=O)(=O)Cl)CO2. The summed E-state index contributed by atoms with van der Waals surface area (Å²) in [6.07, 6.45) is 2.46. The van der Waals surface area contributed by atoms with Crippen LogP contribution in [0.4, 0.5) is 0 Å². The molecule has 2 rings (SSSR count). The van der Waals surface area contributed by atoms with E-state index in [0.717, 1.165) is 17.5 Å². The van der Waals surface area contributed by atoms with Crippen LogP contribution in [0, 0.1) is 0 Å². The van der Waals surface area contributed by atoms with Crippen LogP contribution in [-0.2, 0) is 15.5 Å². The Morgan fingerprint density at radius 3 is 2.81 bits per heavy atom. The minimum Gasteiger partial charge on any atom is -0.488 e. The molecule has 0 atom stereocenters. The quantitative estimate of drug-likeness (QED) is 0.766. The second-order valence-corrected chi connectivity index (χ2v) is 6.18. The second kappa shape index (κ2) is 4.11. The van der Waals surface area contributed by atoms with Gasteiger partial charge in [0, 0.05) is 16.2 Å². The molecule has 3 nitrogen and oxygen atoms in total. The molecule has 1 aliphatic rings. The summed E-state index contributed by atoms with van der Waals surface area (Å²) >= 11 is 0. The van der Waals surface area contributed by atoms with E-state index in [1.54, 1.807) is 6.08 Å². The lowest BCUT2D eigenvalue weighted by Gasteiger charge is -2.16. The van der Waals surface area contributed by atoms with E-state index in [4.69, 9.17) is 15.4 Å². The Balaban J connectivity index is 2.50. The van der Waals surface area contributed by atoms with Crippen molar-refractivity contribution in [2.24, 2.45) is 0 Å². The molecule has 0 bridgehead atoms. The lowest BCUT2D eigenvalue weighted by atomic mass is 10.1. The minimum absolute atomic E-state index is 0.00427. The first-order valence-corrected chi connectivity index (χ1v) is 7.22. The molecule has 0 amide bonds. The summed E-state index contributed by atoms with van der Waals surface area (Å²) in [5.74, 6) is 0.696. The van der Waals surface area contributed by atoms with E-state index in [1.165, 1.54) is 0 Å². The zero-order valence-corrected chi connectivity index (χ0v) is 10.3. The number of hydrogen-bond acceptors (Lipinski definition) is 3. The van der Waals surface area contributed by atoms with Crippen molar-refractivity contribution in [3.05, 3.63) is 34.2 Å². The molecule has 16 heavy (non-hydrogen) atoms. The van der Waals surface area contributed by atoms with E-state index in [9.17, 15) is 8.42 Å². The van der Waals surface area contributed by atoms with Gasteiger partial charge in [0.15, 0.2) is 0 Å². The molecule has 0 aliphatic carbocycles. The number of ether oxygens (including phenoxy) is 1. The first kappa shape index (κ1) is 11.5. The monoisotopic (exact) mass is 258 g/mol. The molecule has 0 spiro atoms. The molecule has 0 aromatic heterocycles. The molecule has 0 fully saturated rings. The molecule has 1 aliphatic heterocycles. The Morgan fingerprint density at radius 2 is 2.19 bits per heavy atom. The average Bonchev–Trinajstić information content (AvgIpc) is 2.26. The number of rotatable bonds is 2. The fourth-order valence-corrected chi connectivity index (χ4v) is 2.30. The standard InChI is InChI=1S/C11H11ClO3S/c1-2-8-3-4-11-9(5-8)6-10(7-15-11)16(12,13)14/h3-6H,2,7H2,1H3. The molecule has 1 aromatic carbocycles. The van der Waals surface area contributed by atoms with Crippen LogP contribution >= 0.6 is 10.7 Å². The van der Waals surface area contributed by atoms with Crippen molar-refractivity contribution in [2.45, 2.75) is 13.3 Å². The molecule has 0 saturated carbocycles. The van der Waals surface area contributed by atoms with Gasteiger partial charge in [0.2, 0.25) is 0 Å². The van der Waals surface area contributed by atoms with Gasteiger partial charge in [0.25, 0.3) is 9.05 Å². The maximum Gasteiger partial charge on any atom is 0.260 e. The van der Waals surface area contributed by atoms with Gasteiger partial charge in [-0.15, -0.1) is 0 Å². The van der Waals surface area contributed by atoms with Gasteiger partial charge < -0.3 is 4.74 Å². The largest absolute Gasteiger partial charge is 0.488 e.